The first-order chi connectivity index (χ1) is 9.52. The summed E-state index contributed by atoms with van der Waals surface area (Å²) in [4.78, 5) is 4.35. The average molecular weight is 295 g/mol. The predicted molar refractivity (Wildman–Crippen MR) is 78.0 cm³/mol. The summed E-state index contributed by atoms with van der Waals surface area (Å²) in [5.74, 6) is -0.101. The quantitative estimate of drug-likeness (QED) is 0.925. The van der Waals surface area contributed by atoms with Crippen LogP contribution in [0.15, 0.2) is 24.3 Å². The number of aryl methyl sites for hydroxylation is 2. The predicted octanol–water partition coefficient (Wildman–Crippen LogP) is 4.00. The molecule has 2 aromatic rings. The van der Waals surface area contributed by atoms with Gasteiger partial charge in [0.1, 0.15) is 0 Å². The smallest absolute Gasteiger partial charge is 0.224 e. The van der Waals surface area contributed by atoms with Gasteiger partial charge in [-0.05, 0) is 44.7 Å². The van der Waals surface area contributed by atoms with Crippen LogP contribution in [0.1, 0.15) is 16.8 Å². The largest absolute Gasteiger partial charge is 0.436 e. The zero-order valence-electron chi connectivity index (χ0n) is 11.6. The van der Waals surface area contributed by atoms with Crippen LogP contribution in [0.5, 0.6) is 11.6 Å². The molecular formula is C15H16ClFN2O. The third-order valence-corrected chi connectivity index (χ3v) is 3.21. The maximum atomic E-state index is 13.9. The lowest BCUT2D eigenvalue weighted by Gasteiger charge is -2.14. The third kappa shape index (κ3) is 3.08. The van der Waals surface area contributed by atoms with Crippen LogP contribution < -0.4 is 10.1 Å². The van der Waals surface area contributed by atoms with Gasteiger partial charge in [0, 0.05) is 17.8 Å². The lowest BCUT2D eigenvalue weighted by atomic mass is 10.1. The molecule has 3 nitrogen and oxygen atoms in total. The van der Waals surface area contributed by atoms with Gasteiger partial charge in [-0.25, -0.2) is 9.37 Å². The third-order valence-electron chi connectivity index (χ3n) is 2.91. The van der Waals surface area contributed by atoms with Crippen molar-refractivity contribution in [3.05, 3.63) is 51.9 Å². The van der Waals surface area contributed by atoms with Crippen LogP contribution in [-0.4, -0.2) is 12.0 Å². The molecule has 0 amide bonds. The van der Waals surface area contributed by atoms with Gasteiger partial charge in [-0.15, -0.1) is 0 Å². The van der Waals surface area contributed by atoms with Gasteiger partial charge < -0.3 is 10.1 Å². The van der Waals surface area contributed by atoms with E-state index in [9.17, 15) is 4.39 Å². The molecule has 1 heterocycles. The van der Waals surface area contributed by atoms with Crippen LogP contribution in [0.2, 0.25) is 5.02 Å². The monoisotopic (exact) mass is 294 g/mol. The fraction of sp³-hybridized carbons (Fsp3) is 0.267. The molecule has 0 atom stereocenters. The highest BCUT2D eigenvalue weighted by Crippen LogP contribution is 2.30. The second-order valence-corrected chi connectivity index (χ2v) is 4.96. The Morgan fingerprint density at radius 3 is 2.80 bits per heavy atom. The molecule has 1 aromatic carbocycles. The number of hydrogen-bond donors (Lipinski definition) is 1. The minimum atomic E-state index is -0.578. The molecule has 0 unspecified atom stereocenters. The van der Waals surface area contributed by atoms with E-state index in [2.05, 4.69) is 10.3 Å². The van der Waals surface area contributed by atoms with Gasteiger partial charge >= 0.3 is 0 Å². The SMILES string of the molecule is CNCc1c(C)cc(C)nc1Oc1cccc(Cl)c1F. The molecule has 0 saturated heterocycles. The van der Waals surface area contributed by atoms with Gasteiger partial charge in [0.05, 0.1) is 5.02 Å². The Labute approximate surface area is 122 Å². The molecule has 0 aliphatic heterocycles. The maximum absolute atomic E-state index is 13.9. The molecule has 20 heavy (non-hydrogen) atoms. The number of hydrogen-bond acceptors (Lipinski definition) is 3. The lowest BCUT2D eigenvalue weighted by molar-refractivity contribution is 0.420. The van der Waals surface area contributed by atoms with Crippen molar-refractivity contribution in [2.75, 3.05) is 7.05 Å². The van der Waals surface area contributed by atoms with Crippen molar-refractivity contribution < 1.29 is 9.13 Å². The number of aromatic nitrogens is 1. The first-order valence-electron chi connectivity index (χ1n) is 6.26. The Morgan fingerprint density at radius 1 is 1.35 bits per heavy atom. The zero-order valence-corrected chi connectivity index (χ0v) is 12.4. The summed E-state index contributed by atoms with van der Waals surface area (Å²) >= 11 is 5.76. The molecule has 0 bridgehead atoms. The lowest BCUT2D eigenvalue weighted by Crippen LogP contribution is -2.10. The van der Waals surface area contributed by atoms with Crippen molar-refractivity contribution >= 4 is 11.6 Å². The molecule has 0 saturated carbocycles. The summed E-state index contributed by atoms with van der Waals surface area (Å²) in [6.07, 6.45) is 0. The number of benzene rings is 1. The van der Waals surface area contributed by atoms with Crippen LogP contribution >= 0.6 is 11.6 Å². The molecule has 106 valence electrons. The highest BCUT2D eigenvalue weighted by atomic mass is 35.5. The number of nitrogens with zero attached hydrogens (tertiary/aromatic N) is 1. The number of nitrogens with one attached hydrogen (secondary N) is 1. The van der Waals surface area contributed by atoms with Crippen molar-refractivity contribution in [3.63, 3.8) is 0 Å². The second kappa shape index (κ2) is 6.20. The Kier molecular flexibility index (Phi) is 4.57. The van der Waals surface area contributed by atoms with Crippen LogP contribution in [0.3, 0.4) is 0 Å². The molecule has 0 aliphatic carbocycles. The first-order valence-corrected chi connectivity index (χ1v) is 6.64. The normalized spacial score (nSPS) is 10.7. The van der Waals surface area contributed by atoms with Gasteiger partial charge in [0.2, 0.25) is 5.88 Å². The summed E-state index contributed by atoms with van der Waals surface area (Å²) in [5, 5.41) is 3.09. The Morgan fingerprint density at radius 2 is 2.10 bits per heavy atom. The van der Waals surface area contributed by atoms with E-state index in [1.54, 1.807) is 6.07 Å². The summed E-state index contributed by atoms with van der Waals surface area (Å²) in [6.45, 7) is 4.44. The number of halogens is 2. The Balaban J connectivity index is 2.44. The maximum Gasteiger partial charge on any atom is 0.224 e. The molecule has 1 aromatic heterocycles. The van der Waals surface area contributed by atoms with E-state index in [1.807, 2.05) is 27.0 Å². The van der Waals surface area contributed by atoms with Gasteiger partial charge in [0.15, 0.2) is 11.6 Å². The molecule has 0 radical (unpaired) electrons. The highest BCUT2D eigenvalue weighted by molar-refractivity contribution is 6.30. The fourth-order valence-corrected chi connectivity index (χ4v) is 2.14. The summed E-state index contributed by atoms with van der Waals surface area (Å²) in [7, 11) is 1.84. The molecule has 2 rings (SSSR count). The molecule has 0 aliphatic rings. The van der Waals surface area contributed by atoms with E-state index in [0.717, 1.165) is 16.8 Å². The van der Waals surface area contributed by atoms with Gasteiger partial charge in [-0.1, -0.05) is 17.7 Å². The van der Waals surface area contributed by atoms with Crippen molar-refractivity contribution in [3.8, 4) is 11.6 Å². The van der Waals surface area contributed by atoms with Crippen molar-refractivity contribution in [1.82, 2.24) is 10.3 Å². The molecular weight excluding hydrogens is 279 g/mol. The van der Waals surface area contributed by atoms with Crippen molar-refractivity contribution in [2.45, 2.75) is 20.4 Å². The van der Waals surface area contributed by atoms with Crippen LogP contribution in [0, 0.1) is 19.7 Å². The fourth-order valence-electron chi connectivity index (χ4n) is 1.97. The van der Waals surface area contributed by atoms with Crippen LogP contribution in [0.4, 0.5) is 4.39 Å². The first kappa shape index (κ1) is 14.8. The molecule has 5 heteroatoms. The second-order valence-electron chi connectivity index (χ2n) is 4.55. The van der Waals surface area contributed by atoms with E-state index >= 15 is 0 Å². The van der Waals surface area contributed by atoms with E-state index in [1.165, 1.54) is 12.1 Å². The molecule has 0 fully saturated rings. The molecule has 0 spiro atoms. The minimum absolute atomic E-state index is 0.0297. The number of ether oxygens (including phenoxy) is 1. The van der Waals surface area contributed by atoms with E-state index in [4.69, 9.17) is 16.3 Å². The number of rotatable bonds is 4. The van der Waals surface area contributed by atoms with Gasteiger partial charge in [-0.2, -0.15) is 0 Å². The van der Waals surface area contributed by atoms with Crippen LogP contribution in [-0.2, 0) is 6.54 Å². The van der Waals surface area contributed by atoms with E-state index < -0.39 is 5.82 Å². The number of pyridine rings is 1. The van der Waals surface area contributed by atoms with Crippen LogP contribution in [0.25, 0.3) is 0 Å². The summed E-state index contributed by atoms with van der Waals surface area (Å²) in [6, 6.07) is 6.62. The summed E-state index contributed by atoms with van der Waals surface area (Å²) < 4.78 is 19.5. The standard InChI is InChI=1S/C15H16ClFN2O/c1-9-7-10(2)19-15(11(9)8-18-3)20-13-6-4-5-12(16)14(13)17/h4-7,18H,8H2,1-3H3. The van der Waals surface area contributed by atoms with E-state index in [-0.39, 0.29) is 10.8 Å². The highest BCUT2D eigenvalue weighted by Gasteiger charge is 2.14. The van der Waals surface area contributed by atoms with Gasteiger partial charge in [-0.3, -0.25) is 0 Å². The topological polar surface area (TPSA) is 34.2 Å². The Hall–Kier alpha value is -1.65. The zero-order chi connectivity index (χ0) is 14.7. The Bertz CT molecular complexity index is 632. The van der Waals surface area contributed by atoms with E-state index in [0.29, 0.717) is 12.4 Å². The minimum Gasteiger partial charge on any atom is -0.436 e. The molecule has 1 N–H and O–H groups in total. The van der Waals surface area contributed by atoms with Crippen molar-refractivity contribution in [2.24, 2.45) is 0 Å². The summed E-state index contributed by atoms with van der Waals surface area (Å²) in [5.41, 5.74) is 2.77. The van der Waals surface area contributed by atoms with Crippen molar-refractivity contribution in [1.29, 1.82) is 0 Å². The average Bonchev–Trinajstić information content (AvgIpc) is 2.39. The van der Waals surface area contributed by atoms with Gasteiger partial charge in [0.25, 0.3) is 0 Å².